The Kier molecular flexibility index (Phi) is 4.57. The molecule has 6 nitrogen and oxygen atoms in total. The van der Waals surface area contributed by atoms with Crippen LogP contribution in [0.1, 0.15) is 44.1 Å². The van der Waals surface area contributed by atoms with Crippen molar-refractivity contribution in [3.8, 4) is 0 Å². The molecule has 2 atom stereocenters. The Hall–Kier alpha value is -1.44. The van der Waals surface area contributed by atoms with Crippen molar-refractivity contribution in [2.45, 2.75) is 62.4 Å². The van der Waals surface area contributed by atoms with Crippen LogP contribution in [-0.4, -0.2) is 47.6 Å². The number of nitrogens with zero attached hydrogens (tertiary/aromatic N) is 2. The summed E-state index contributed by atoms with van der Waals surface area (Å²) in [6.07, 6.45) is 3.18. The van der Waals surface area contributed by atoms with E-state index in [9.17, 15) is 18.0 Å². The number of likely N-dealkylation sites (tertiary alicyclic amines) is 1. The average molecular weight is 397 g/mol. The van der Waals surface area contributed by atoms with Gasteiger partial charge in [0.05, 0.1) is 5.75 Å². The van der Waals surface area contributed by atoms with E-state index in [1.165, 1.54) is 4.90 Å². The van der Waals surface area contributed by atoms with Crippen molar-refractivity contribution in [3.63, 3.8) is 0 Å². The van der Waals surface area contributed by atoms with Crippen LogP contribution in [0.2, 0.25) is 5.02 Å². The second-order valence-corrected chi connectivity index (χ2v) is 9.63. The molecule has 3 aliphatic rings. The predicted molar refractivity (Wildman–Crippen MR) is 96.8 cm³/mol. The van der Waals surface area contributed by atoms with Gasteiger partial charge in [-0.05, 0) is 37.3 Å². The lowest BCUT2D eigenvalue weighted by Crippen LogP contribution is -2.53. The molecule has 3 heterocycles. The molecular formula is C18H21ClN2O4S. The monoisotopic (exact) mass is 396 g/mol. The fraction of sp³-hybridized carbons (Fsp3) is 0.556. The number of hydrogen-bond donors (Lipinski definition) is 0. The molecule has 0 saturated carbocycles. The third kappa shape index (κ3) is 3.06. The number of carbonyl (C=O) groups excluding carboxylic acids is 2. The van der Waals surface area contributed by atoms with Gasteiger partial charge in [0.2, 0.25) is 21.8 Å². The van der Waals surface area contributed by atoms with E-state index in [4.69, 9.17) is 11.6 Å². The Morgan fingerprint density at radius 1 is 0.962 bits per heavy atom. The normalized spacial score (nSPS) is 29.6. The highest BCUT2D eigenvalue weighted by Gasteiger charge is 2.50. The molecule has 3 aliphatic heterocycles. The summed E-state index contributed by atoms with van der Waals surface area (Å²) in [5.74, 6) is -0.357. The Bertz CT molecular complexity index is 827. The van der Waals surface area contributed by atoms with E-state index in [1.807, 2.05) is 0 Å². The van der Waals surface area contributed by atoms with E-state index < -0.39 is 10.0 Å². The molecule has 4 rings (SSSR count). The maximum absolute atomic E-state index is 13.0. The quantitative estimate of drug-likeness (QED) is 0.732. The van der Waals surface area contributed by atoms with Crippen molar-refractivity contribution >= 4 is 33.4 Å². The van der Waals surface area contributed by atoms with Crippen LogP contribution >= 0.6 is 11.6 Å². The van der Waals surface area contributed by atoms with Crippen molar-refractivity contribution < 1.29 is 18.0 Å². The summed E-state index contributed by atoms with van der Waals surface area (Å²) in [4.78, 5) is 25.5. The lowest BCUT2D eigenvalue weighted by atomic mass is 9.98. The predicted octanol–water partition coefficient (Wildman–Crippen LogP) is 2.31. The second kappa shape index (κ2) is 6.62. The third-order valence-corrected chi connectivity index (χ3v) is 8.00. The minimum Gasteiger partial charge on any atom is -0.279 e. The van der Waals surface area contributed by atoms with Gasteiger partial charge in [0.15, 0.2) is 0 Å². The molecule has 140 valence electrons. The van der Waals surface area contributed by atoms with Crippen LogP contribution in [0.4, 0.5) is 0 Å². The summed E-state index contributed by atoms with van der Waals surface area (Å²) in [5, 5.41) is 0.451. The summed E-state index contributed by atoms with van der Waals surface area (Å²) in [7, 11) is -3.51. The molecule has 0 aromatic heterocycles. The van der Waals surface area contributed by atoms with Gasteiger partial charge in [0, 0.05) is 36.0 Å². The van der Waals surface area contributed by atoms with Crippen LogP contribution in [-0.2, 0) is 25.4 Å². The van der Waals surface area contributed by atoms with E-state index in [-0.39, 0.29) is 48.5 Å². The van der Waals surface area contributed by atoms with E-state index in [0.717, 1.165) is 12.8 Å². The highest BCUT2D eigenvalue weighted by Crippen LogP contribution is 2.41. The maximum Gasteiger partial charge on any atom is 0.229 e. The molecule has 1 aromatic carbocycles. The number of fused-ring (bicyclic) bond motifs is 2. The van der Waals surface area contributed by atoms with Gasteiger partial charge in [-0.1, -0.05) is 29.8 Å². The lowest BCUT2D eigenvalue weighted by molar-refractivity contribution is -0.142. The molecule has 3 saturated heterocycles. The number of carbonyl (C=O) groups is 2. The van der Waals surface area contributed by atoms with E-state index in [1.54, 1.807) is 28.6 Å². The number of hydrogen-bond acceptors (Lipinski definition) is 4. The van der Waals surface area contributed by atoms with Gasteiger partial charge in [0.25, 0.3) is 0 Å². The minimum absolute atomic E-state index is 0.119. The Morgan fingerprint density at radius 2 is 1.54 bits per heavy atom. The first-order chi connectivity index (χ1) is 12.4. The van der Waals surface area contributed by atoms with Gasteiger partial charge in [-0.3, -0.25) is 14.5 Å². The largest absolute Gasteiger partial charge is 0.279 e. The van der Waals surface area contributed by atoms with Gasteiger partial charge >= 0.3 is 0 Å². The molecule has 3 fully saturated rings. The van der Waals surface area contributed by atoms with Gasteiger partial charge in [-0.2, -0.15) is 4.31 Å². The van der Waals surface area contributed by atoms with E-state index >= 15 is 0 Å². The number of piperidine rings is 1. The van der Waals surface area contributed by atoms with Crippen LogP contribution < -0.4 is 0 Å². The minimum atomic E-state index is -3.51. The molecule has 0 N–H and O–H groups in total. The van der Waals surface area contributed by atoms with E-state index in [0.29, 0.717) is 23.4 Å². The summed E-state index contributed by atoms with van der Waals surface area (Å²) >= 11 is 6.13. The molecule has 26 heavy (non-hydrogen) atoms. The van der Waals surface area contributed by atoms with Gasteiger partial charge in [-0.25, -0.2) is 8.42 Å². The van der Waals surface area contributed by atoms with E-state index in [2.05, 4.69) is 0 Å². The molecule has 2 amide bonds. The van der Waals surface area contributed by atoms with Crippen molar-refractivity contribution in [2.24, 2.45) is 0 Å². The highest BCUT2D eigenvalue weighted by atomic mass is 35.5. The molecule has 0 radical (unpaired) electrons. The van der Waals surface area contributed by atoms with Crippen LogP contribution in [0, 0.1) is 0 Å². The number of benzene rings is 1. The topological polar surface area (TPSA) is 74.8 Å². The number of amides is 2. The summed E-state index contributed by atoms with van der Waals surface area (Å²) in [5.41, 5.74) is 0.598. The number of rotatable bonds is 4. The first-order valence-corrected chi connectivity index (χ1v) is 10.9. The zero-order valence-electron chi connectivity index (χ0n) is 14.3. The zero-order valence-corrected chi connectivity index (χ0v) is 15.9. The molecule has 0 spiro atoms. The van der Waals surface area contributed by atoms with Crippen molar-refractivity contribution in [1.29, 1.82) is 0 Å². The van der Waals surface area contributed by atoms with Gasteiger partial charge in [-0.15, -0.1) is 0 Å². The van der Waals surface area contributed by atoms with Crippen molar-refractivity contribution in [2.75, 3.05) is 0 Å². The molecule has 2 unspecified atom stereocenters. The van der Waals surface area contributed by atoms with Gasteiger partial charge < -0.3 is 0 Å². The SMILES string of the molecule is O=C1CCC(=O)N1C1CC2CCC(C1)N2S(=O)(=O)Cc1ccccc1Cl. The maximum atomic E-state index is 13.0. The fourth-order valence-electron chi connectivity index (χ4n) is 4.66. The Morgan fingerprint density at radius 3 is 2.12 bits per heavy atom. The fourth-order valence-corrected chi connectivity index (χ4v) is 7.02. The van der Waals surface area contributed by atoms with Crippen LogP contribution in [0.3, 0.4) is 0 Å². The summed E-state index contributed by atoms with van der Waals surface area (Å²) in [6, 6.07) is 6.52. The van der Waals surface area contributed by atoms with Crippen molar-refractivity contribution in [3.05, 3.63) is 34.9 Å². The Balaban J connectivity index is 1.54. The Labute approximate surface area is 158 Å². The number of imide groups is 1. The molecule has 8 heteroatoms. The second-order valence-electron chi connectivity index (χ2n) is 7.35. The first-order valence-electron chi connectivity index (χ1n) is 8.96. The molecule has 1 aromatic rings. The van der Waals surface area contributed by atoms with Crippen LogP contribution in [0.15, 0.2) is 24.3 Å². The molecule has 2 bridgehead atoms. The molecular weight excluding hydrogens is 376 g/mol. The lowest BCUT2D eigenvalue weighted by Gasteiger charge is -2.40. The van der Waals surface area contributed by atoms with Gasteiger partial charge in [0.1, 0.15) is 0 Å². The first kappa shape index (κ1) is 17.9. The zero-order chi connectivity index (χ0) is 18.5. The smallest absolute Gasteiger partial charge is 0.229 e. The standard InChI is InChI=1S/C18H21ClN2O4S/c19-16-4-2-1-3-12(16)11-26(24,25)21-13-5-6-14(21)10-15(9-13)20-17(22)7-8-18(20)23/h1-4,13-15H,5-11H2. The average Bonchev–Trinajstić information content (AvgIpc) is 3.07. The number of sulfonamides is 1. The number of halogens is 1. The highest BCUT2D eigenvalue weighted by molar-refractivity contribution is 7.88. The van der Waals surface area contributed by atoms with Crippen LogP contribution in [0.5, 0.6) is 0 Å². The third-order valence-electron chi connectivity index (χ3n) is 5.71. The summed E-state index contributed by atoms with van der Waals surface area (Å²) in [6.45, 7) is 0. The summed E-state index contributed by atoms with van der Waals surface area (Å²) < 4.78 is 27.7. The molecule has 0 aliphatic carbocycles. The van der Waals surface area contributed by atoms with Crippen LogP contribution in [0.25, 0.3) is 0 Å². The van der Waals surface area contributed by atoms with Crippen molar-refractivity contribution in [1.82, 2.24) is 9.21 Å².